The Bertz CT molecular complexity index is 968. The monoisotopic (exact) mass is 276 g/mol. The Balaban J connectivity index is 2.49. The first-order valence-corrected chi connectivity index (χ1v) is 6.15. The summed E-state index contributed by atoms with van der Waals surface area (Å²) in [7, 11) is 0. The lowest BCUT2D eigenvalue weighted by molar-refractivity contribution is 1.35. The van der Waals surface area contributed by atoms with Crippen molar-refractivity contribution in [1.29, 1.82) is 0 Å². The average Bonchev–Trinajstić information content (AvgIpc) is 2.64. The van der Waals surface area contributed by atoms with Crippen LogP contribution >= 0.6 is 23.2 Å². The first kappa shape index (κ1) is 10.2. The van der Waals surface area contributed by atoms with Gasteiger partial charge in [0.2, 0.25) is 0 Å². The van der Waals surface area contributed by atoms with Crippen molar-refractivity contribution in [3.8, 4) is 0 Å². The van der Waals surface area contributed by atoms with Crippen molar-refractivity contribution in [2.75, 3.05) is 0 Å². The fourth-order valence-corrected chi connectivity index (χ4v) is 3.00. The quantitative estimate of drug-likeness (QED) is 0.470. The van der Waals surface area contributed by atoms with E-state index in [2.05, 4.69) is 9.97 Å². The van der Waals surface area contributed by atoms with Crippen LogP contribution in [0.15, 0.2) is 29.1 Å². The number of rotatable bonds is 0. The highest BCUT2D eigenvalue weighted by Gasteiger charge is 2.14. The molecule has 0 fully saturated rings. The molecule has 0 spiro atoms. The van der Waals surface area contributed by atoms with Crippen LogP contribution < -0.4 is 5.56 Å². The van der Waals surface area contributed by atoms with Crippen LogP contribution in [-0.2, 0) is 0 Å². The van der Waals surface area contributed by atoms with Crippen molar-refractivity contribution in [3.05, 3.63) is 44.7 Å². The van der Waals surface area contributed by atoms with E-state index >= 15 is 0 Å². The van der Waals surface area contributed by atoms with Crippen molar-refractivity contribution >= 4 is 55.9 Å². The topological polar surface area (TPSA) is 48.6 Å². The Morgan fingerprint density at radius 1 is 0.778 bits per heavy atom. The van der Waals surface area contributed by atoms with E-state index in [9.17, 15) is 4.79 Å². The molecular formula is C13H6Cl2N2O. The highest BCUT2D eigenvalue weighted by molar-refractivity contribution is 6.35. The first-order chi connectivity index (χ1) is 8.63. The van der Waals surface area contributed by atoms with E-state index in [1.807, 2.05) is 12.1 Å². The molecule has 3 nitrogen and oxygen atoms in total. The lowest BCUT2D eigenvalue weighted by Gasteiger charge is -2.02. The number of halogens is 2. The highest BCUT2D eigenvalue weighted by Crippen LogP contribution is 2.35. The Labute approximate surface area is 111 Å². The molecule has 18 heavy (non-hydrogen) atoms. The van der Waals surface area contributed by atoms with E-state index in [4.69, 9.17) is 23.2 Å². The summed E-state index contributed by atoms with van der Waals surface area (Å²) in [5.41, 5.74) is 2.34. The standard InChI is InChI=1S/C13H6Cl2N2O/c14-5-1-7-11-8(2-5)16-9-3-6(15)4-10(12(9)11)17-13(7)18/h1-4,16H,(H,17,18). The third-order valence-electron chi connectivity index (χ3n) is 3.22. The highest BCUT2D eigenvalue weighted by atomic mass is 35.5. The molecule has 4 aromatic rings. The maximum Gasteiger partial charge on any atom is 0.256 e. The number of hydrogen-bond acceptors (Lipinski definition) is 1. The summed E-state index contributed by atoms with van der Waals surface area (Å²) in [5, 5.41) is 3.61. The second-order valence-electron chi connectivity index (χ2n) is 4.33. The summed E-state index contributed by atoms with van der Waals surface area (Å²) in [5.74, 6) is 0. The van der Waals surface area contributed by atoms with Gasteiger partial charge >= 0.3 is 0 Å². The van der Waals surface area contributed by atoms with Crippen molar-refractivity contribution in [2.45, 2.75) is 0 Å². The number of aromatic nitrogens is 2. The molecule has 88 valence electrons. The van der Waals surface area contributed by atoms with Gasteiger partial charge in [0, 0.05) is 26.3 Å². The summed E-state index contributed by atoms with van der Waals surface area (Å²) in [4.78, 5) is 18.1. The molecule has 0 saturated heterocycles. The number of nitrogens with one attached hydrogen (secondary N) is 2. The number of hydrogen-bond donors (Lipinski definition) is 2. The van der Waals surface area contributed by atoms with Gasteiger partial charge in [0.1, 0.15) is 0 Å². The Hall–Kier alpha value is -1.71. The van der Waals surface area contributed by atoms with Crippen molar-refractivity contribution < 1.29 is 0 Å². The molecule has 0 saturated carbocycles. The van der Waals surface area contributed by atoms with Gasteiger partial charge in [-0.15, -0.1) is 0 Å². The molecule has 2 heterocycles. The van der Waals surface area contributed by atoms with Gasteiger partial charge in [0.25, 0.3) is 5.56 Å². The summed E-state index contributed by atoms with van der Waals surface area (Å²) in [6.45, 7) is 0. The minimum Gasteiger partial charge on any atom is -0.354 e. The Morgan fingerprint density at radius 2 is 1.33 bits per heavy atom. The zero-order valence-corrected chi connectivity index (χ0v) is 10.5. The van der Waals surface area contributed by atoms with Gasteiger partial charge in [0.05, 0.1) is 16.4 Å². The van der Waals surface area contributed by atoms with Crippen LogP contribution in [-0.4, -0.2) is 9.97 Å². The van der Waals surface area contributed by atoms with Crippen LogP contribution in [0.5, 0.6) is 0 Å². The summed E-state index contributed by atoms with van der Waals surface area (Å²) < 4.78 is 0. The van der Waals surface area contributed by atoms with Crippen LogP contribution in [0.25, 0.3) is 32.7 Å². The van der Waals surface area contributed by atoms with E-state index in [-0.39, 0.29) is 5.56 Å². The second-order valence-corrected chi connectivity index (χ2v) is 5.20. The van der Waals surface area contributed by atoms with Crippen LogP contribution in [0.4, 0.5) is 0 Å². The van der Waals surface area contributed by atoms with Gasteiger partial charge in [0.15, 0.2) is 0 Å². The zero-order valence-electron chi connectivity index (χ0n) is 8.97. The Morgan fingerprint density at radius 3 is 2.06 bits per heavy atom. The molecule has 0 amide bonds. The van der Waals surface area contributed by atoms with E-state index < -0.39 is 0 Å². The van der Waals surface area contributed by atoms with Gasteiger partial charge in [-0.1, -0.05) is 23.2 Å². The maximum absolute atomic E-state index is 12.0. The van der Waals surface area contributed by atoms with E-state index in [1.54, 1.807) is 12.1 Å². The molecule has 0 aliphatic carbocycles. The molecule has 2 N–H and O–H groups in total. The molecule has 0 unspecified atom stereocenters. The predicted octanol–water partition coefficient (Wildman–Crippen LogP) is 3.91. The molecule has 0 aliphatic rings. The Kier molecular flexibility index (Phi) is 1.81. The second kappa shape index (κ2) is 3.19. The van der Waals surface area contributed by atoms with Crippen LogP contribution in [0, 0.1) is 0 Å². The summed E-state index contributed by atoms with van der Waals surface area (Å²) >= 11 is 12.1. The van der Waals surface area contributed by atoms with E-state index in [1.165, 1.54) is 0 Å². The molecule has 0 bridgehead atoms. The normalized spacial score (nSPS) is 12.1. The van der Waals surface area contributed by atoms with Crippen molar-refractivity contribution in [3.63, 3.8) is 0 Å². The number of benzene rings is 2. The van der Waals surface area contributed by atoms with E-state index in [0.717, 1.165) is 27.3 Å². The van der Waals surface area contributed by atoms with Gasteiger partial charge in [-0.25, -0.2) is 0 Å². The first-order valence-electron chi connectivity index (χ1n) is 5.39. The molecule has 0 aliphatic heterocycles. The molecule has 2 aromatic carbocycles. The minimum atomic E-state index is -0.154. The summed E-state index contributed by atoms with van der Waals surface area (Å²) in [6, 6.07) is 7.10. The molecule has 5 heteroatoms. The minimum absolute atomic E-state index is 0.154. The van der Waals surface area contributed by atoms with Crippen LogP contribution in [0.2, 0.25) is 10.0 Å². The zero-order chi connectivity index (χ0) is 12.4. The van der Waals surface area contributed by atoms with Gasteiger partial charge in [-0.3, -0.25) is 4.79 Å². The number of aromatic amines is 2. The largest absolute Gasteiger partial charge is 0.354 e. The maximum atomic E-state index is 12.0. The van der Waals surface area contributed by atoms with E-state index in [0.29, 0.717) is 15.4 Å². The fraction of sp³-hybridized carbons (Fsp3) is 0. The third-order valence-corrected chi connectivity index (χ3v) is 3.65. The summed E-state index contributed by atoms with van der Waals surface area (Å²) in [6.07, 6.45) is 0. The lowest BCUT2D eigenvalue weighted by Crippen LogP contribution is -2.05. The smallest absolute Gasteiger partial charge is 0.256 e. The molecule has 0 atom stereocenters. The predicted molar refractivity (Wildman–Crippen MR) is 75.1 cm³/mol. The lowest BCUT2D eigenvalue weighted by atomic mass is 10.1. The van der Waals surface area contributed by atoms with Gasteiger partial charge in [-0.2, -0.15) is 0 Å². The molecule has 4 rings (SSSR count). The van der Waals surface area contributed by atoms with Crippen LogP contribution in [0.1, 0.15) is 0 Å². The molecular weight excluding hydrogens is 271 g/mol. The third kappa shape index (κ3) is 1.18. The van der Waals surface area contributed by atoms with Crippen molar-refractivity contribution in [2.24, 2.45) is 0 Å². The van der Waals surface area contributed by atoms with Crippen molar-refractivity contribution in [1.82, 2.24) is 9.97 Å². The number of H-pyrrole nitrogens is 2. The average molecular weight is 277 g/mol. The fourth-order valence-electron chi connectivity index (χ4n) is 2.56. The van der Waals surface area contributed by atoms with Gasteiger partial charge in [-0.05, 0) is 24.3 Å². The number of pyridine rings is 1. The SMILES string of the molecule is O=c1[nH]c2cc(Cl)cc3[nH]c4cc(Cl)cc1c4c23. The molecule has 2 aromatic heterocycles. The van der Waals surface area contributed by atoms with Crippen LogP contribution in [0.3, 0.4) is 0 Å². The molecule has 0 radical (unpaired) electrons. The van der Waals surface area contributed by atoms with Gasteiger partial charge < -0.3 is 9.97 Å².